The lowest BCUT2D eigenvalue weighted by atomic mass is 10.1. The molecule has 1 fully saturated rings. The van der Waals surface area contributed by atoms with Gasteiger partial charge in [-0.15, -0.1) is 0 Å². The first-order valence-electron chi connectivity index (χ1n) is 12.9. The smallest absolute Gasteiger partial charge is 0.238 e. The summed E-state index contributed by atoms with van der Waals surface area (Å²) in [6.07, 6.45) is 0.623. The number of methoxy groups -OCH3 is 3. The molecule has 2 amide bonds. The first-order chi connectivity index (χ1) is 19.4. The molecule has 9 nitrogen and oxygen atoms in total. The number of ether oxygens (including phenoxy) is 4. The number of nitrogens with one attached hydrogen (secondary N) is 1. The summed E-state index contributed by atoms with van der Waals surface area (Å²) in [7, 11) is 4.77. The Bertz CT molecular complexity index is 1340. The molecule has 3 aromatic carbocycles. The molecule has 1 aliphatic rings. The van der Waals surface area contributed by atoms with Crippen molar-refractivity contribution in [1.29, 1.82) is 0 Å². The van der Waals surface area contributed by atoms with E-state index < -0.39 is 5.25 Å². The highest BCUT2D eigenvalue weighted by molar-refractivity contribution is 8.15. The molecule has 3 aromatic rings. The van der Waals surface area contributed by atoms with Crippen molar-refractivity contribution in [2.75, 3.05) is 39.8 Å². The van der Waals surface area contributed by atoms with E-state index in [1.165, 1.54) is 11.8 Å². The van der Waals surface area contributed by atoms with Crippen LogP contribution in [-0.2, 0) is 16.0 Å². The zero-order valence-electron chi connectivity index (χ0n) is 23.0. The van der Waals surface area contributed by atoms with E-state index >= 15 is 0 Å². The third-order valence-electron chi connectivity index (χ3n) is 6.23. The number of rotatable bonds is 11. The second kappa shape index (κ2) is 13.7. The highest BCUT2D eigenvalue weighted by Crippen LogP contribution is 2.32. The zero-order valence-corrected chi connectivity index (χ0v) is 23.8. The summed E-state index contributed by atoms with van der Waals surface area (Å²) in [5.74, 6) is 2.26. The van der Waals surface area contributed by atoms with Gasteiger partial charge in [-0.3, -0.25) is 14.5 Å². The molecule has 1 N–H and O–H groups in total. The molecule has 4 rings (SSSR count). The minimum absolute atomic E-state index is 0.0566. The number of benzene rings is 3. The van der Waals surface area contributed by atoms with Gasteiger partial charge in [-0.05, 0) is 79.6 Å². The topological polar surface area (TPSA) is 98.7 Å². The molecule has 1 heterocycles. The molecule has 1 saturated heterocycles. The van der Waals surface area contributed by atoms with Crippen LogP contribution < -0.4 is 24.3 Å². The van der Waals surface area contributed by atoms with Crippen LogP contribution in [0.4, 0.5) is 11.4 Å². The van der Waals surface area contributed by atoms with E-state index in [4.69, 9.17) is 23.9 Å². The summed E-state index contributed by atoms with van der Waals surface area (Å²) < 4.78 is 21.5. The number of aliphatic imine (C=N–C) groups is 1. The molecule has 0 aliphatic carbocycles. The van der Waals surface area contributed by atoms with Crippen molar-refractivity contribution >= 4 is 40.1 Å². The van der Waals surface area contributed by atoms with Gasteiger partial charge in [0.25, 0.3) is 0 Å². The number of carbonyl (C=O) groups excluding carboxylic acids is 2. The van der Waals surface area contributed by atoms with Crippen LogP contribution in [-0.4, -0.2) is 61.6 Å². The molecule has 0 spiro atoms. The van der Waals surface area contributed by atoms with Gasteiger partial charge < -0.3 is 24.3 Å². The third kappa shape index (κ3) is 7.26. The van der Waals surface area contributed by atoms with Crippen molar-refractivity contribution in [3.8, 4) is 23.0 Å². The van der Waals surface area contributed by atoms with Crippen LogP contribution in [0.3, 0.4) is 0 Å². The van der Waals surface area contributed by atoms with Crippen LogP contribution in [0.15, 0.2) is 71.7 Å². The summed E-state index contributed by atoms with van der Waals surface area (Å²) in [5.41, 5.74) is 2.26. The van der Waals surface area contributed by atoms with Crippen LogP contribution >= 0.6 is 11.8 Å². The fourth-order valence-corrected chi connectivity index (χ4v) is 5.25. The molecule has 1 atom stereocenters. The maximum atomic E-state index is 13.4. The lowest BCUT2D eigenvalue weighted by Crippen LogP contribution is -2.46. The Morgan fingerprint density at radius 3 is 2.30 bits per heavy atom. The van der Waals surface area contributed by atoms with E-state index in [9.17, 15) is 9.59 Å². The Morgan fingerprint density at radius 1 is 0.950 bits per heavy atom. The molecule has 10 heteroatoms. The first kappa shape index (κ1) is 28.8. The standard InChI is InChI=1S/C30H33N3O6S/c1-5-39-24-13-9-21(10-14-24)31-29(35)27-19-28(34)33(17-16-20-6-15-25(37-3)26(18-20)38-4)30(40-27)32-22-7-11-23(36-2)12-8-22/h6-15,18,27H,5,16-17,19H2,1-4H3,(H,31,35). The second-order valence-electron chi connectivity index (χ2n) is 8.83. The maximum Gasteiger partial charge on any atom is 0.238 e. The van der Waals surface area contributed by atoms with Crippen molar-refractivity contribution < 1.29 is 28.5 Å². The molecule has 0 radical (unpaired) electrons. The van der Waals surface area contributed by atoms with E-state index in [2.05, 4.69) is 5.32 Å². The number of thioether (sulfide) groups is 1. The van der Waals surface area contributed by atoms with Gasteiger partial charge >= 0.3 is 0 Å². The van der Waals surface area contributed by atoms with E-state index in [-0.39, 0.29) is 18.2 Å². The number of amidine groups is 1. The highest BCUT2D eigenvalue weighted by Gasteiger charge is 2.36. The number of amides is 2. The van der Waals surface area contributed by atoms with Gasteiger partial charge in [0.2, 0.25) is 11.8 Å². The van der Waals surface area contributed by atoms with Gasteiger partial charge in [0.05, 0.1) is 33.6 Å². The van der Waals surface area contributed by atoms with Crippen molar-refractivity contribution in [1.82, 2.24) is 4.90 Å². The van der Waals surface area contributed by atoms with E-state index in [0.29, 0.717) is 53.4 Å². The van der Waals surface area contributed by atoms with Crippen LogP contribution in [0.1, 0.15) is 18.9 Å². The summed E-state index contributed by atoms with van der Waals surface area (Å²) in [5, 5.41) is 2.75. The van der Waals surface area contributed by atoms with Crippen molar-refractivity contribution in [3.63, 3.8) is 0 Å². The highest BCUT2D eigenvalue weighted by atomic mass is 32.2. The third-order valence-corrected chi connectivity index (χ3v) is 7.42. The normalized spacial score (nSPS) is 16.0. The minimum atomic E-state index is -0.631. The summed E-state index contributed by atoms with van der Waals surface area (Å²) in [4.78, 5) is 33.0. The molecule has 0 saturated carbocycles. The fourth-order valence-electron chi connectivity index (χ4n) is 4.13. The maximum absolute atomic E-state index is 13.4. The molecule has 1 aliphatic heterocycles. The van der Waals surface area contributed by atoms with E-state index in [0.717, 1.165) is 11.3 Å². The molecular weight excluding hydrogens is 530 g/mol. The van der Waals surface area contributed by atoms with Gasteiger partial charge in [0, 0.05) is 18.7 Å². The van der Waals surface area contributed by atoms with Crippen LogP contribution in [0.25, 0.3) is 0 Å². The second-order valence-corrected chi connectivity index (χ2v) is 10.0. The number of hydrogen-bond donors (Lipinski definition) is 1. The first-order valence-corrected chi connectivity index (χ1v) is 13.8. The van der Waals surface area contributed by atoms with Crippen molar-refractivity contribution in [2.45, 2.75) is 25.0 Å². The largest absolute Gasteiger partial charge is 0.497 e. The predicted octanol–water partition coefficient (Wildman–Crippen LogP) is 5.31. The van der Waals surface area contributed by atoms with Gasteiger partial charge in [-0.1, -0.05) is 17.8 Å². The Balaban J connectivity index is 1.53. The fraction of sp³-hybridized carbons (Fsp3) is 0.300. The van der Waals surface area contributed by atoms with Crippen LogP contribution in [0, 0.1) is 0 Å². The SMILES string of the molecule is CCOc1ccc(NC(=O)C2CC(=O)N(CCc3ccc(OC)c(OC)c3)C(=Nc3ccc(OC)cc3)S2)cc1. The number of nitrogens with zero attached hydrogens (tertiary/aromatic N) is 2. The summed E-state index contributed by atoms with van der Waals surface area (Å²) >= 11 is 1.28. The summed E-state index contributed by atoms with van der Waals surface area (Å²) in [6, 6.07) is 20.1. The van der Waals surface area contributed by atoms with Gasteiger partial charge in [-0.25, -0.2) is 4.99 Å². The number of anilines is 1. The van der Waals surface area contributed by atoms with Crippen molar-refractivity contribution in [2.24, 2.45) is 4.99 Å². The average Bonchev–Trinajstić information content (AvgIpc) is 2.98. The lowest BCUT2D eigenvalue weighted by Gasteiger charge is -2.32. The number of carbonyl (C=O) groups is 2. The van der Waals surface area contributed by atoms with Crippen LogP contribution in [0.5, 0.6) is 23.0 Å². The Hall–Kier alpha value is -4.18. The predicted molar refractivity (Wildman–Crippen MR) is 157 cm³/mol. The number of hydrogen-bond acceptors (Lipinski definition) is 8. The quantitative estimate of drug-likeness (QED) is 0.337. The Morgan fingerprint density at radius 2 is 1.65 bits per heavy atom. The van der Waals surface area contributed by atoms with Crippen LogP contribution in [0.2, 0.25) is 0 Å². The molecule has 0 bridgehead atoms. The lowest BCUT2D eigenvalue weighted by molar-refractivity contribution is -0.129. The summed E-state index contributed by atoms with van der Waals surface area (Å²) in [6.45, 7) is 2.87. The van der Waals surface area contributed by atoms with E-state index in [1.54, 1.807) is 62.6 Å². The molecule has 1 unspecified atom stereocenters. The average molecular weight is 564 g/mol. The molecule has 210 valence electrons. The molecular formula is C30H33N3O6S. The molecule has 40 heavy (non-hydrogen) atoms. The minimum Gasteiger partial charge on any atom is -0.497 e. The zero-order chi connectivity index (χ0) is 28.5. The van der Waals surface area contributed by atoms with Gasteiger partial charge in [0.15, 0.2) is 16.7 Å². The van der Waals surface area contributed by atoms with E-state index in [1.807, 2.05) is 37.3 Å². The Kier molecular flexibility index (Phi) is 9.91. The molecule has 0 aromatic heterocycles. The monoisotopic (exact) mass is 563 g/mol. The Labute approximate surface area is 238 Å². The van der Waals surface area contributed by atoms with Gasteiger partial charge in [-0.2, -0.15) is 0 Å². The van der Waals surface area contributed by atoms with Gasteiger partial charge in [0.1, 0.15) is 16.7 Å². The van der Waals surface area contributed by atoms with Crippen molar-refractivity contribution in [3.05, 3.63) is 72.3 Å².